The van der Waals surface area contributed by atoms with Crippen LogP contribution in [0.25, 0.3) is 0 Å². The Balaban J connectivity index is 1.66. The first kappa shape index (κ1) is 13.3. The van der Waals surface area contributed by atoms with Crippen LogP contribution in [0.5, 0.6) is 0 Å². The molecule has 1 saturated heterocycles. The van der Waals surface area contributed by atoms with Gasteiger partial charge in [-0.05, 0) is 19.8 Å². The summed E-state index contributed by atoms with van der Waals surface area (Å²) in [5.41, 5.74) is 0.990. The maximum atomic E-state index is 12.4. The Morgan fingerprint density at radius 2 is 2.15 bits per heavy atom. The van der Waals surface area contributed by atoms with Crippen molar-refractivity contribution >= 4 is 11.8 Å². The number of likely N-dealkylation sites (tertiary alicyclic amines) is 1. The Labute approximate surface area is 117 Å². The lowest BCUT2D eigenvalue weighted by Gasteiger charge is -2.23. The predicted molar refractivity (Wildman–Crippen MR) is 72.7 cm³/mol. The zero-order valence-corrected chi connectivity index (χ0v) is 11.6. The number of aromatic amines is 1. The summed E-state index contributed by atoms with van der Waals surface area (Å²) in [7, 11) is 0. The normalized spacial score (nSPS) is 25.6. The maximum Gasteiger partial charge on any atom is 0.247 e. The van der Waals surface area contributed by atoms with Gasteiger partial charge in [-0.15, -0.1) is 0 Å². The van der Waals surface area contributed by atoms with Gasteiger partial charge in [-0.3, -0.25) is 24.9 Å². The molecule has 2 amide bonds. The molecule has 20 heavy (non-hydrogen) atoms. The molecule has 2 heterocycles. The highest BCUT2D eigenvalue weighted by Crippen LogP contribution is 2.28. The molecular formula is C14H20N4O2. The van der Waals surface area contributed by atoms with Gasteiger partial charge in [0.1, 0.15) is 0 Å². The predicted octanol–water partition coefficient (Wildman–Crippen LogP) is 1.13. The highest BCUT2D eigenvalue weighted by atomic mass is 16.2. The molecule has 1 aromatic rings. The molecule has 2 unspecified atom stereocenters. The molecule has 6 nitrogen and oxygen atoms in total. The standard InChI is InChI=1S/C14H20N4O2/c1-9(10-7-15-16-8-10)17-12-6-13(19)18(14(12)20)11-4-2-3-5-11/h7-9,11-12,17H,2-6H2,1H3,(H,15,16). The van der Waals surface area contributed by atoms with E-state index in [2.05, 4.69) is 15.5 Å². The number of rotatable bonds is 4. The van der Waals surface area contributed by atoms with Crippen molar-refractivity contribution in [2.75, 3.05) is 0 Å². The van der Waals surface area contributed by atoms with E-state index >= 15 is 0 Å². The molecule has 2 atom stereocenters. The summed E-state index contributed by atoms with van der Waals surface area (Å²) in [5, 5.41) is 9.90. The number of nitrogens with one attached hydrogen (secondary N) is 2. The lowest BCUT2D eigenvalue weighted by molar-refractivity contribution is -0.141. The van der Waals surface area contributed by atoms with E-state index in [1.807, 2.05) is 6.92 Å². The number of amides is 2. The van der Waals surface area contributed by atoms with E-state index in [1.165, 1.54) is 4.90 Å². The van der Waals surface area contributed by atoms with Crippen LogP contribution in [-0.2, 0) is 9.59 Å². The average Bonchev–Trinajstić information content (AvgIpc) is 3.13. The van der Waals surface area contributed by atoms with Crippen molar-refractivity contribution in [2.45, 2.75) is 57.2 Å². The Hall–Kier alpha value is -1.69. The molecule has 0 bridgehead atoms. The zero-order chi connectivity index (χ0) is 14.1. The van der Waals surface area contributed by atoms with Crippen molar-refractivity contribution in [3.05, 3.63) is 18.0 Å². The molecule has 2 N–H and O–H groups in total. The van der Waals surface area contributed by atoms with Crippen LogP contribution in [0.2, 0.25) is 0 Å². The van der Waals surface area contributed by atoms with E-state index in [4.69, 9.17) is 0 Å². The van der Waals surface area contributed by atoms with E-state index in [0.717, 1.165) is 31.2 Å². The molecule has 3 rings (SSSR count). The molecule has 1 saturated carbocycles. The number of nitrogens with zero attached hydrogens (tertiary/aromatic N) is 2. The van der Waals surface area contributed by atoms with Gasteiger partial charge in [0.2, 0.25) is 11.8 Å². The first-order chi connectivity index (χ1) is 9.66. The van der Waals surface area contributed by atoms with Gasteiger partial charge in [0.15, 0.2) is 0 Å². The van der Waals surface area contributed by atoms with Crippen LogP contribution in [0.1, 0.15) is 50.6 Å². The van der Waals surface area contributed by atoms with E-state index in [0.29, 0.717) is 0 Å². The minimum absolute atomic E-state index is 0.000900. The smallest absolute Gasteiger partial charge is 0.247 e. The molecule has 1 aliphatic carbocycles. The molecule has 2 fully saturated rings. The first-order valence-corrected chi connectivity index (χ1v) is 7.27. The lowest BCUT2D eigenvalue weighted by Crippen LogP contribution is -2.43. The fraction of sp³-hybridized carbons (Fsp3) is 0.643. The van der Waals surface area contributed by atoms with Crippen molar-refractivity contribution in [1.82, 2.24) is 20.4 Å². The zero-order valence-electron chi connectivity index (χ0n) is 11.6. The molecule has 1 aromatic heterocycles. The minimum Gasteiger partial charge on any atom is -0.299 e. The van der Waals surface area contributed by atoms with Crippen molar-refractivity contribution in [2.24, 2.45) is 0 Å². The second-order valence-electron chi connectivity index (χ2n) is 5.72. The summed E-state index contributed by atoms with van der Waals surface area (Å²) in [6.07, 6.45) is 7.96. The summed E-state index contributed by atoms with van der Waals surface area (Å²) < 4.78 is 0. The van der Waals surface area contributed by atoms with Crippen molar-refractivity contribution in [3.8, 4) is 0 Å². The first-order valence-electron chi connectivity index (χ1n) is 7.27. The number of carbonyl (C=O) groups is 2. The summed E-state index contributed by atoms with van der Waals surface area (Å²) in [6.45, 7) is 1.97. The van der Waals surface area contributed by atoms with Gasteiger partial charge in [-0.2, -0.15) is 5.10 Å². The molecule has 2 aliphatic rings. The third-order valence-corrected chi connectivity index (χ3v) is 4.34. The highest BCUT2D eigenvalue weighted by Gasteiger charge is 2.43. The molecule has 0 radical (unpaired) electrons. The van der Waals surface area contributed by atoms with Crippen molar-refractivity contribution in [3.63, 3.8) is 0 Å². The highest BCUT2D eigenvalue weighted by molar-refractivity contribution is 6.05. The van der Waals surface area contributed by atoms with E-state index in [9.17, 15) is 9.59 Å². The van der Waals surface area contributed by atoms with Gasteiger partial charge in [0.25, 0.3) is 0 Å². The van der Waals surface area contributed by atoms with Crippen LogP contribution in [0, 0.1) is 0 Å². The van der Waals surface area contributed by atoms with Gasteiger partial charge in [-0.1, -0.05) is 12.8 Å². The van der Waals surface area contributed by atoms with Crippen LogP contribution in [0.15, 0.2) is 12.4 Å². The number of imide groups is 1. The molecule has 0 spiro atoms. The van der Waals surface area contributed by atoms with Crippen LogP contribution in [-0.4, -0.2) is 39.0 Å². The Bertz CT molecular complexity index is 493. The monoisotopic (exact) mass is 276 g/mol. The summed E-state index contributed by atoms with van der Waals surface area (Å²) in [6, 6.07) is -0.266. The van der Waals surface area contributed by atoms with Gasteiger partial charge in [0.05, 0.1) is 18.7 Å². The molecule has 0 aromatic carbocycles. The van der Waals surface area contributed by atoms with Gasteiger partial charge in [0, 0.05) is 23.8 Å². The Morgan fingerprint density at radius 1 is 1.40 bits per heavy atom. The van der Waals surface area contributed by atoms with E-state index in [-0.39, 0.29) is 30.3 Å². The Kier molecular flexibility index (Phi) is 3.56. The van der Waals surface area contributed by atoms with Crippen LogP contribution >= 0.6 is 0 Å². The fourth-order valence-corrected chi connectivity index (χ4v) is 3.22. The second kappa shape index (κ2) is 5.36. The Morgan fingerprint density at radius 3 is 2.80 bits per heavy atom. The molecular weight excluding hydrogens is 256 g/mol. The third-order valence-electron chi connectivity index (χ3n) is 4.34. The number of carbonyl (C=O) groups excluding carboxylic acids is 2. The number of aromatic nitrogens is 2. The van der Waals surface area contributed by atoms with Crippen LogP contribution in [0.3, 0.4) is 0 Å². The average molecular weight is 276 g/mol. The van der Waals surface area contributed by atoms with Gasteiger partial charge in [-0.25, -0.2) is 0 Å². The van der Waals surface area contributed by atoms with Crippen LogP contribution < -0.4 is 5.32 Å². The maximum absolute atomic E-state index is 12.4. The third kappa shape index (κ3) is 2.35. The van der Waals surface area contributed by atoms with E-state index in [1.54, 1.807) is 12.4 Å². The summed E-state index contributed by atoms with van der Waals surface area (Å²) in [5.74, 6) is -0.0870. The number of hydrogen-bond donors (Lipinski definition) is 2. The molecule has 1 aliphatic heterocycles. The number of H-pyrrole nitrogens is 1. The van der Waals surface area contributed by atoms with Gasteiger partial charge >= 0.3 is 0 Å². The molecule has 6 heteroatoms. The minimum atomic E-state index is -0.395. The fourth-order valence-electron chi connectivity index (χ4n) is 3.22. The largest absolute Gasteiger partial charge is 0.299 e. The van der Waals surface area contributed by atoms with Crippen molar-refractivity contribution in [1.29, 1.82) is 0 Å². The summed E-state index contributed by atoms with van der Waals surface area (Å²) >= 11 is 0. The lowest BCUT2D eigenvalue weighted by atomic mass is 10.1. The van der Waals surface area contributed by atoms with E-state index < -0.39 is 6.04 Å². The summed E-state index contributed by atoms with van der Waals surface area (Å²) in [4.78, 5) is 26.0. The topological polar surface area (TPSA) is 78.1 Å². The SMILES string of the molecule is CC(NC1CC(=O)N(C2CCCC2)C1=O)c1cn[nH]c1. The van der Waals surface area contributed by atoms with Gasteiger partial charge < -0.3 is 0 Å². The quantitative estimate of drug-likeness (QED) is 0.808. The molecule has 108 valence electrons. The number of hydrogen-bond acceptors (Lipinski definition) is 4. The second-order valence-corrected chi connectivity index (χ2v) is 5.72. The van der Waals surface area contributed by atoms with Crippen LogP contribution in [0.4, 0.5) is 0 Å². The van der Waals surface area contributed by atoms with Crippen molar-refractivity contribution < 1.29 is 9.59 Å².